The number of amides is 2. The van der Waals surface area contributed by atoms with Crippen LogP contribution in [0.25, 0.3) is 0 Å². The van der Waals surface area contributed by atoms with Crippen LogP contribution in [-0.4, -0.2) is 15.8 Å². The quantitative estimate of drug-likeness (QED) is 0.474. The van der Waals surface area contributed by atoms with Crippen molar-refractivity contribution >= 4 is 53.3 Å². The van der Waals surface area contributed by atoms with Gasteiger partial charge in [-0.1, -0.05) is 82.7 Å². The van der Waals surface area contributed by atoms with Gasteiger partial charge in [-0.3, -0.25) is 9.59 Å². The molecule has 18 heavy (non-hydrogen) atoms. The molecule has 1 aromatic rings. The Labute approximate surface area is 125 Å². The van der Waals surface area contributed by atoms with Crippen LogP contribution in [-0.2, 0) is 0 Å². The van der Waals surface area contributed by atoms with Crippen molar-refractivity contribution in [2.24, 2.45) is 11.5 Å². The van der Waals surface area contributed by atoms with Crippen LogP contribution in [0.3, 0.4) is 0 Å². The lowest BCUT2D eigenvalue weighted by molar-refractivity contribution is 0.266. The first-order valence-corrected chi connectivity index (χ1v) is 5.23. The highest BCUT2D eigenvalue weighted by Gasteiger charge is 1.77. The number of carbonyl (C=O) groups excluding carboxylic acids is 2. The van der Waals surface area contributed by atoms with E-state index in [2.05, 4.69) is 36.7 Å². The fourth-order valence-electron chi connectivity index (χ4n) is 0.532. The molecule has 1 aromatic carbocycles. The minimum atomic E-state index is -0.639. The van der Waals surface area contributed by atoms with Crippen LogP contribution in [0, 0.1) is 0 Å². The Hall–Kier alpha value is -1.05. The number of carbonyl (C=O) groups is 2. The summed E-state index contributed by atoms with van der Waals surface area (Å²) < 4.78 is 0. The van der Waals surface area contributed by atoms with E-state index in [1.165, 1.54) is 0 Å². The summed E-state index contributed by atoms with van der Waals surface area (Å²) in [5.74, 6) is 0. The second-order valence-corrected chi connectivity index (χ2v) is 3.32. The molecule has 0 saturated carbocycles. The number of thiol groups is 2. The molecule has 0 aliphatic heterocycles. The lowest BCUT2D eigenvalue weighted by Crippen LogP contribution is -1.95. The van der Waals surface area contributed by atoms with Gasteiger partial charge in [-0.25, -0.2) is 0 Å². The van der Waals surface area contributed by atoms with Crippen LogP contribution in [0.1, 0.15) is 20.4 Å². The summed E-state index contributed by atoms with van der Waals surface area (Å²) in [5, 5.41) is 0.389. The molecule has 2 amide bonds. The first-order valence-electron chi connectivity index (χ1n) is 3.87. The zero-order chi connectivity index (χ0) is 13.0. The Balaban J connectivity index is -0.0000000860. The summed E-state index contributed by atoms with van der Waals surface area (Å²) in [6.07, 6.45) is 0. The van der Waals surface area contributed by atoms with Crippen molar-refractivity contribution in [3.63, 3.8) is 0 Å². The minimum Gasteiger partial charge on any atom is -0.361 e. The molecule has 0 heterocycles. The third-order valence-corrected chi connectivity index (χ3v) is 1.21. The molecule has 0 aromatic heterocycles. The molecule has 7 heteroatoms. The lowest BCUT2D eigenvalue weighted by atomic mass is 10.2. The van der Waals surface area contributed by atoms with Gasteiger partial charge in [-0.15, -0.1) is 0 Å². The third-order valence-electron chi connectivity index (χ3n) is 0.936. The van der Waals surface area contributed by atoms with Gasteiger partial charge in [-0.2, -0.15) is 0 Å². The molecule has 0 saturated heterocycles. The van der Waals surface area contributed by atoms with Gasteiger partial charge in [0.05, 0.1) is 0 Å². The first-order chi connectivity index (χ1) is 7.40. The van der Waals surface area contributed by atoms with Gasteiger partial charge in [0.1, 0.15) is 0 Å². The van der Waals surface area contributed by atoms with Gasteiger partial charge in [0, 0.05) is 5.37 Å². The molecule has 0 bridgehead atoms. The molecule has 0 atom stereocenters. The van der Waals surface area contributed by atoms with Crippen molar-refractivity contribution in [1.82, 2.24) is 0 Å². The SMILES string of the molecule is C.C.NC(=O)S.NC(=O)S.S=Cc1ccccc1. The van der Waals surface area contributed by atoms with Gasteiger partial charge < -0.3 is 11.5 Å². The van der Waals surface area contributed by atoms with Crippen molar-refractivity contribution in [2.75, 3.05) is 0 Å². The summed E-state index contributed by atoms with van der Waals surface area (Å²) in [6.45, 7) is 0. The van der Waals surface area contributed by atoms with Crippen LogP contribution in [0.2, 0.25) is 0 Å². The maximum Gasteiger partial charge on any atom is 0.273 e. The van der Waals surface area contributed by atoms with Crippen LogP contribution in [0.15, 0.2) is 30.3 Å². The molecule has 0 radical (unpaired) electrons. The molecule has 4 N–H and O–H groups in total. The number of primary amides is 2. The van der Waals surface area contributed by atoms with E-state index in [-0.39, 0.29) is 14.9 Å². The monoisotopic (exact) mass is 308 g/mol. The smallest absolute Gasteiger partial charge is 0.273 e. The molecule has 104 valence electrons. The average Bonchev–Trinajstić information content (AvgIpc) is 2.17. The number of thiocarbonyl (C=S) groups is 1. The molecule has 0 fully saturated rings. The molecular formula is C11H20N2O2S3. The fourth-order valence-corrected chi connectivity index (χ4v) is 0.689. The highest BCUT2D eigenvalue weighted by molar-refractivity contribution is 7.96. The van der Waals surface area contributed by atoms with E-state index in [0.717, 1.165) is 5.56 Å². The van der Waals surface area contributed by atoms with E-state index in [9.17, 15) is 0 Å². The summed E-state index contributed by atoms with van der Waals surface area (Å²) in [7, 11) is 0. The number of hydrogen-bond acceptors (Lipinski definition) is 3. The minimum absolute atomic E-state index is 0. The molecule has 0 spiro atoms. The zero-order valence-electron chi connectivity index (χ0n) is 8.24. The molecule has 4 nitrogen and oxygen atoms in total. The van der Waals surface area contributed by atoms with Crippen molar-refractivity contribution in [3.8, 4) is 0 Å². The van der Waals surface area contributed by atoms with Gasteiger partial charge in [0.2, 0.25) is 0 Å². The summed E-state index contributed by atoms with van der Waals surface area (Å²) in [6, 6.07) is 9.87. The van der Waals surface area contributed by atoms with E-state index < -0.39 is 10.5 Å². The van der Waals surface area contributed by atoms with E-state index >= 15 is 0 Å². The largest absolute Gasteiger partial charge is 0.361 e. The number of hydrogen-bond donors (Lipinski definition) is 4. The van der Waals surface area contributed by atoms with E-state index in [1.807, 2.05) is 30.3 Å². The Morgan fingerprint density at radius 2 is 1.28 bits per heavy atom. The average molecular weight is 308 g/mol. The van der Waals surface area contributed by atoms with Gasteiger partial charge in [0.25, 0.3) is 10.5 Å². The molecule has 0 unspecified atom stereocenters. The van der Waals surface area contributed by atoms with E-state index in [4.69, 9.17) is 21.8 Å². The first kappa shape index (κ1) is 25.7. The maximum absolute atomic E-state index is 9.09. The third kappa shape index (κ3) is 36.3. The standard InChI is InChI=1S/C7H6S.2CH3NOS.2CH4/c8-6-7-4-2-1-3-5-7;2*2-1(3)4;;/h1-6H;2*(H3,2,3,4);2*1H4. The Morgan fingerprint density at radius 1 is 1.00 bits per heavy atom. The van der Waals surface area contributed by atoms with Crippen molar-refractivity contribution in [2.45, 2.75) is 14.9 Å². The summed E-state index contributed by atoms with van der Waals surface area (Å²) in [4.78, 5) is 18.2. The topological polar surface area (TPSA) is 86.2 Å². The van der Waals surface area contributed by atoms with Crippen LogP contribution >= 0.6 is 37.5 Å². The molecular weight excluding hydrogens is 288 g/mol. The highest BCUT2D eigenvalue weighted by atomic mass is 32.1. The van der Waals surface area contributed by atoms with E-state index in [1.54, 1.807) is 5.37 Å². The van der Waals surface area contributed by atoms with Crippen molar-refractivity contribution in [3.05, 3.63) is 35.9 Å². The number of benzene rings is 1. The van der Waals surface area contributed by atoms with Gasteiger partial charge >= 0.3 is 0 Å². The van der Waals surface area contributed by atoms with Crippen LogP contribution in [0.5, 0.6) is 0 Å². The predicted molar refractivity (Wildman–Crippen MR) is 89.8 cm³/mol. The Kier molecular flexibility index (Phi) is 26.2. The summed E-state index contributed by atoms with van der Waals surface area (Å²) in [5.41, 5.74) is 9.77. The second-order valence-electron chi connectivity index (χ2n) is 2.21. The van der Waals surface area contributed by atoms with Gasteiger partial charge in [-0.05, 0) is 5.56 Å². The zero-order valence-corrected chi connectivity index (χ0v) is 10.8. The number of nitrogens with two attached hydrogens (primary N) is 2. The predicted octanol–water partition coefficient (Wildman–Crippen LogP) is 3.30. The van der Waals surface area contributed by atoms with Crippen molar-refractivity contribution < 1.29 is 9.59 Å². The van der Waals surface area contributed by atoms with Crippen LogP contribution < -0.4 is 11.5 Å². The second kappa shape index (κ2) is 18.3. The maximum atomic E-state index is 9.09. The fraction of sp³-hybridized carbons (Fsp3) is 0.182. The van der Waals surface area contributed by atoms with E-state index in [0.29, 0.717) is 0 Å². The molecule has 1 rings (SSSR count). The normalized spacial score (nSPS) is 6.56. The molecule has 0 aliphatic carbocycles. The Morgan fingerprint density at radius 3 is 1.44 bits per heavy atom. The number of rotatable bonds is 1. The summed E-state index contributed by atoms with van der Waals surface area (Å²) >= 11 is 10.9. The Bertz CT molecular complexity index is 312. The molecule has 0 aliphatic rings. The van der Waals surface area contributed by atoms with Crippen LogP contribution in [0.4, 0.5) is 9.59 Å². The lowest BCUT2D eigenvalue weighted by Gasteiger charge is -1.84. The highest BCUT2D eigenvalue weighted by Crippen LogP contribution is 1.92. The van der Waals surface area contributed by atoms with Crippen molar-refractivity contribution in [1.29, 1.82) is 0 Å². The van der Waals surface area contributed by atoms with Gasteiger partial charge in [0.15, 0.2) is 0 Å².